The van der Waals surface area contributed by atoms with Gasteiger partial charge in [-0.15, -0.1) is 0 Å². The van der Waals surface area contributed by atoms with Crippen LogP contribution in [0.3, 0.4) is 0 Å². The van der Waals surface area contributed by atoms with E-state index in [1.54, 1.807) is 24.3 Å². The molecule has 0 saturated heterocycles. The van der Waals surface area contributed by atoms with Gasteiger partial charge in [-0.1, -0.05) is 60.7 Å². The van der Waals surface area contributed by atoms with E-state index in [2.05, 4.69) is 10.0 Å². The van der Waals surface area contributed by atoms with Crippen molar-refractivity contribution in [2.24, 2.45) is 0 Å². The SMILES string of the molecule is CS(=O)(=O)Nc1ccc(C(=O)NC(c2ccccc2)c2ccccc2)cc1. The molecule has 3 aromatic rings. The van der Waals surface area contributed by atoms with Crippen LogP contribution in [0.15, 0.2) is 84.9 Å². The minimum atomic E-state index is -3.35. The molecule has 27 heavy (non-hydrogen) atoms. The Kier molecular flexibility index (Phi) is 5.57. The van der Waals surface area contributed by atoms with Gasteiger partial charge in [0.1, 0.15) is 0 Å². The third-order valence-electron chi connectivity index (χ3n) is 3.99. The fraction of sp³-hybridized carbons (Fsp3) is 0.0952. The summed E-state index contributed by atoms with van der Waals surface area (Å²) in [5.41, 5.74) is 2.82. The maximum Gasteiger partial charge on any atom is 0.252 e. The Balaban J connectivity index is 1.83. The molecule has 0 aliphatic carbocycles. The number of hydrogen-bond donors (Lipinski definition) is 2. The first-order valence-corrected chi connectivity index (χ1v) is 10.3. The van der Waals surface area contributed by atoms with Gasteiger partial charge in [-0.25, -0.2) is 8.42 Å². The lowest BCUT2D eigenvalue weighted by molar-refractivity contribution is 0.0943. The van der Waals surface area contributed by atoms with Crippen molar-refractivity contribution in [3.8, 4) is 0 Å². The number of nitrogens with one attached hydrogen (secondary N) is 2. The van der Waals surface area contributed by atoms with Crippen molar-refractivity contribution in [1.82, 2.24) is 5.32 Å². The Morgan fingerprint density at radius 2 is 1.26 bits per heavy atom. The highest BCUT2D eigenvalue weighted by Crippen LogP contribution is 2.22. The van der Waals surface area contributed by atoms with Gasteiger partial charge in [0, 0.05) is 11.3 Å². The summed E-state index contributed by atoms with van der Waals surface area (Å²) in [4.78, 5) is 12.7. The Morgan fingerprint density at radius 1 is 0.778 bits per heavy atom. The van der Waals surface area contributed by atoms with E-state index in [1.165, 1.54) is 0 Å². The second kappa shape index (κ2) is 8.05. The molecule has 3 aromatic carbocycles. The fourth-order valence-corrected chi connectivity index (χ4v) is 3.33. The van der Waals surface area contributed by atoms with E-state index in [4.69, 9.17) is 0 Å². The van der Waals surface area contributed by atoms with E-state index in [0.29, 0.717) is 11.3 Å². The zero-order valence-electron chi connectivity index (χ0n) is 14.8. The molecule has 0 aliphatic heterocycles. The lowest BCUT2D eigenvalue weighted by atomic mass is 9.98. The first-order valence-electron chi connectivity index (χ1n) is 8.41. The largest absolute Gasteiger partial charge is 0.341 e. The van der Waals surface area contributed by atoms with Gasteiger partial charge in [0.2, 0.25) is 10.0 Å². The van der Waals surface area contributed by atoms with Gasteiger partial charge < -0.3 is 5.32 Å². The normalized spacial score (nSPS) is 11.2. The topological polar surface area (TPSA) is 75.3 Å². The number of anilines is 1. The summed E-state index contributed by atoms with van der Waals surface area (Å²) in [5.74, 6) is -0.237. The van der Waals surface area contributed by atoms with Crippen LogP contribution in [-0.2, 0) is 10.0 Å². The number of sulfonamides is 1. The van der Waals surface area contributed by atoms with Crippen molar-refractivity contribution in [2.75, 3.05) is 11.0 Å². The highest BCUT2D eigenvalue weighted by molar-refractivity contribution is 7.92. The van der Waals surface area contributed by atoms with Gasteiger partial charge in [0.15, 0.2) is 0 Å². The van der Waals surface area contributed by atoms with Gasteiger partial charge in [0.25, 0.3) is 5.91 Å². The van der Waals surface area contributed by atoms with Crippen LogP contribution in [0.5, 0.6) is 0 Å². The number of amides is 1. The smallest absolute Gasteiger partial charge is 0.252 e. The number of hydrogen-bond acceptors (Lipinski definition) is 3. The van der Waals surface area contributed by atoms with E-state index in [0.717, 1.165) is 17.4 Å². The maximum atomic E-state index is 12.7. The first kappa shape index (κ1) is 18.7. The molecule has 0 fully saturated rings. The number of carbonyl (C=O) groups is 1. The molecule has 0 saturated carbocycles. The van der Waals surface area contributed by atoms with Crippen LogP contribution in [0.25, 0.3) is 0 Å². The van der Waals surface area contributed by atoms with Gasteiger partial charge in [-0.3, -0.25) is 9.52 Å². The molecule has 0 unspecified atom stereocenters. The van der Waals surface area contributed by atoms with Crippen molar-refractivity contribution in [2.45, 2.75) is 6.04 Å². The third kappa shape index (κ3) is 5.18. The van der Waals surface area contributed by atoms with Crippen LogP contribution in [0.2, 0.25) is 0 Å². The molecule has 0 aromatic heterocycles. The highest BCUT2D eigenvalue weighted by Gasteiger charge is 2.17. The second-order valence-electron chi connectivity index (χ2n) is 6.18. The second-order valence-corrected chi connectivity index (χ2v) is 7.93. The van der Waals surface area contributed by atoms with Gasteiger partial charge in [-0.2, -0.15) is 0 Å². The predicted octanol–water partition coefficient (Wildman–Crippen LogP) is 3.58. The quantitative estimate of drug-likeness (QED) is 0.686. The summed E-state index contributed by atoms with van der Waals surface area (Å²) in [6, 6.07) is 25.5. The Labute approximate surface area is 159 Å². The van der Waals surface area contributed by atoms with E-state index in [1.807, 2.05) is 60.7 Å². The van der Waals surface area contributed by atoms with Crippen molar-refractivity contribution in [3.05, 3.63) is 102 Å². The minimum absolute atomic E-state index is 0.237. The molecule has 1 amide bonds. The van der Waals surface area contributed by atoms with Gasteiger partial charge >= 0.3 is 0 Å². The fourth-order valence-electron chi connectivity index (χ4n) is 2.77. The summed E-state index contributed by atoms with van der Waals surface area (Å²) in [7, 11) is -3.35. The van der Waals surface area contributed by atoms with Crippen LogP contribution >= 0.6 is 0 Å². The molecule has 0 aliphatic rings. The molecule has 0 bridgehead atoms. The Morgan fingerprint density at radius 3 is 1.70 bits per heavy atom. The zero-order chi connectivity index (χ0) is 19.3. The summed E-state index contributed by atoms with van der Waals surface area (Å²) in [5, 5.41) is 3.06. The molecule has 3 rings (SSSR count). The summed E-state index contributed by atoms with van der Waals surface area (Å²) < 4.78 is 25.0. The van der Waals surface area contributed by atoms with Gasteiger partial charge in [-0.05, 0) is 35.4 Å². The van der Waals surface area contributed by atoms with E-state index in [9.17, 15) is 13.2 Å². The molecule has 0 radical (unpaired) electrons. The Hall–Kier alpha value is -3.12. The third-order valence-corrected chi connectivity index (χ3v) is 4.60. The molecule has 0 heterocycles. The number of carbonyl (C=O) groups excluding carboxylic acids is 1. The molecule has 138 valence electrons. The van der Waals surface area contributed by atoms with Crippen LogP contribution in [0.1, 0.15) is 27.5 Å². The van der Waals surface area contributed by atoms with Crippen molar-refractivity contribution in [1.29, 1.82) is 0 Å². The number of benzene rings is 3. The molecule has 0 atom stereocenters. The van der Waals surface area contributed by atoms with Crippen molar-refractivity contribution < 1.29 is 13.2 Å². The van der Waals surface area contributed by atoms with Crippen LogP contribution in [0.4, 0.5) is 5.69 Å². The van der Waals surface area contributed by atoms with Crippen LogP contribution in [-0.4, -0.2) is 20.6 Å². The molecule has 5 nitrogen and oxygen atoms in total. The van der Waals surface area contributed by atoms with Crippen molar-refractivity contribution >= 4 is 21.6 Å². The standard InChI is InChI=1S/C21H20N2O3S/c1-27(25,26)23-19-14-12-18(13-15-19)21(24)22-20(16-8-4-2-5-9-16)17-10-6-3-7-11-17/h2-15,20,23H,1H3,(H,22,24). The number of rotatable bonds is 6. The average molecular weight is 380 g/mol. The van der Waals surface area contributed by atoms with E-state index in [-0.39, 0.29) is 11.9 Å². The first-order chi connectivity index (χ1) is 12.9. The summed E-state index contributed by atoms with van der Waals surface area (Å²) in [6.45, 7) is 0. The predicted molar refractivity (Wildman–Crippen MR) is 107 cm³/mol. The lowest BCUT2D eigenvalue weighted by Crippen LogP contribution is -2.29. The zero-order valence-corrected chi connectivity index (χ0v) is 15.6. The van der Waals surface area contributed by atoms with E-state index >= 15 is 0 Å². The molecular weight excluding hydrogens is 360 g/mol. The molecule has 6 heteroatoms. The maximum absolute atomic E-state index is 12.7. The molecule has 2 N–H and O–H groups in total. The molecular formula is C21H20N2O3S. The van der Waals surface area contributed by atoms with Crippen LogP contribution in [0, 0.1) is 0 Å². The average Bonchev–Trinajstić information content (AvgIpc) is 2.66. The monoisotopic (exact) mass is 380 g/mol. The minimum Gasteiger partial charge on any atom is -0.341 e. The lowest BCUT2D eigenvalue weighted by Gasteiger charge is -2.20. The summed E-state index contributed by atoms with van der Waals surface area (Å²) >= 11 is 0. The molecule has 0 spiro atoms. The van der Waals surface area contributed by atoms with Crippen LogP contribution < -0.4 is 10.0 Å². The van der Waals surface area contributed by atoms with E-state index < -0.39 is 10.0 Å². The van der Waals surface area contributed by atoms with Gasteiger partial charge in [0.05, 0.1) is 12.3 Å². The highest BCUT2D eigenvalue weighted by atomic mass is 32.2. The van der Waals surface area contributed by atoms with Crippen molar-refractivity contribution in [3.63, 3.8) is 0 Å². The Bertz CT molecular complexity index is 963. The summed E-state index contributed by atoms with van der Waals surface area (Å²) in [6.07, 6.45) is 1.08.